The molecule has 0 radical (unpaired) electrons. The van der Waals surface area contributed by atoms with Gasteiger partial charge in [-0.15, -0.1) is 0 Å². The van der Waals surface area contributed by atoms with E-state index in [-0.39, 0.29) is 17.6 Å². The zero-order valence-corrected chi connectivity index (χ0v) is 13.1. The molecule has 0 unspecified atom stereocenters. The van der Waals surface area contributed by atoms with Crippen molar-refractivity contribution >= 4 is 5.91 Å². The quantitative estimate of drug-likeness (QED) is 0.928. The van der Waals surface area contributed by atoms with Gasteiger partial charge in [0.25, 0.3) is 5.91 Å². The van der Waals surface area contributed by atoms with Crippen molar-refractivity contribution in [2.75, 3.05) is 19.8 Å². The first-order valence-corrected chi connectivity index (χ1v) is 7.59. The van der Waals surface area contributed by atoms with Crippen LogP contribution in [0.4, 0.5) is 0 Å². The van der Waals surface area contributed by atoms with Gasteiger partial charge in [-0.05, 0) is 29.5 Å². The monoisotopic (exact) mass is 291 g/mol. The molecule has 0 spiro atoms. The minimum atomic E-state index is -0.178. The Kier molecular flexibility index (Phi) is 5.37. The Labute approximate surface area is 126 Å². The van der Waals surface area contributed by atoms with Crippen LogP contribution in [0.3, 0.4) is 0 Å². The van der Waals surface area contributed by atoms with Gasteiger partial charge in [0.05, 0.1) is 13.2 Å². The van der Waals surface area contributed by atoms with Gasteiger partial charge in [-0.25, -0.2) is 0 Å². The van der Waals surface area contributed by atoms with Crippen molar-refractivity contribution in [1.82, 2.24) is 5.32 Å². The zero-order valence-electron chi connectivity index (χ0n) is 13.1. The summed E-state index contributed by atoms with van der Waals surface area (Å²) < 4.78 is 10.9. The van der Waals surface area contributed by atoms with E-state index in [4.69, 9.17) is 9.47 Å². The third kappa shape index (κ3) is 4.83. The summed E-state index contributed by atoms with van der Waals surface area (Å²) in [5.41, 5.74) is 2.02. The van der Waals surface area contributed by atoms with Crippen LogP contribution < -0.4 is 5.32 Å². The van der Waals surface area contributed by atoms with Crippen LogP contribution in [0.1, 0.15) is 49.5 Å². The lowest BCUT2D eigenvalue weighted by Gasteiger charge is -2.23. The number of rotatable bonds is 4. The maximum absolute atomic E-state index is 12.1. The maximum Gasteiger partial charge on any atom is 0.251 e. The highest BCUT2D eigenvalue weighted by molar-refractivity contribution is 5.94. The smallest absolute Gasteiger partial charge is 0.251 e. The largest absolute Gasteiger partial charge is 0.353 e. The molecule has 1 aliphatic heterocycles. The van der Waals surface area contributed by atoms with Gasteiger partial charge in [0, 0.05) is 18.5 Å². The summed E-state index contributed by atoms with van der Waals surface area (Å²) in [6.07, 6.45) is 1.46. The first-order chi connectivity index (χ1) is 9.97. The number of hydrogen-bond donors (Lipinski definition) is 1. The highest BCUT2D eigenvalue weighted by Gasteiger charge is 2.16. The van der Waals surface area contributed by atoms with E-state index in [9.17, 15) is 4.79 Å². The Balaban J connectivity index is 1.80. The van der Waals surface area contributed by atoms with Crippen molar-refractivity contribution in [3.05, 3.63) is 35.4 Å². The standard InChI is InChI=1S/C17H25NO3/c1-17(2,3)14-7-5-13(6-8-14)16(19)18-10-9-15-20-11-4-12-21-15/h5-8,15H,4,9-12H2,1-3H3,(H,18,19). The molecule has 1 heterocycles. The first kappa shape index (κ1) is 16.0. The van der Waals surface area contributed by atoms with E-state index < -0.39 is 0 Å². The van der Waals surface area contributed by atoms with Gasteiger partial charge in [-0.2, -0.15) is 0 Å². The van der Waals surface area contributed by atoms with Gasteiger partial charge in [-0.1, -0.05) is 32.9 Å². The number of hydrogen-bond acceptors (Lipinski definition) is 3. The molecule has 1 N–H and O–H groups in total. The van der Waals surface area contributed by atoms with Crippen LogP contribution >= 0.6 is 0 Å². The van der Waals surface area contributed by atoms with E-state index in [1.165, 1.54) is 5.56 Å². The topological polar surface area (TPSA) is 47.6 Å². The number of carbonyl (C=O) groups excluding carboxylic acids is 1. The minimum Gasteiger partial charge on any atom is -0.353 e. The molecule has 1 aromatic carbocycles. The van der Waals surface area contributed by atoms with Crippen LogP contribution in [0, 0.1) is 0 Å². The fraction of sp³-hybridized carbons (Fsp3) is 0.588. The lowest BCUT2D eigenvalue weighted by Crippen LogP contribution is -2.31. The second kappa shape index (κ2) is 7.05. The molecule has 116 valence electrons. The van der Waals surface area contributed by atoms with Gasteiger partial charge in [-0.3, -0.25) is 4.79 Å². The Hall–Kier alpha value is -1.39. The Morgan fingerprint density at radius 1 is 1.19 bits per heavy atom. The molecule has 4 heteroatoms. The van der Waals surface area contributed by atoms with E-state index in [2.05, 4.69) is 26.1 Å². The fourth-order valence-electron chi connectivity index (χ4n) is 2.23. The lowest BCUT2D eigenvalue weighted by atomic mass is 9.87. The number of carbonyl (C=O) groups is 1. The van der Waals surface area contributed by atoms with E-state index in [0.717, 1.165) is 19.6 Å². The van der Waals surface area contributed by atoms with E-state index in [1.807, 2.05) is 24.3 Å². The second-order valence-electron chi connectivity index (χ2n) is 6.40. The molecule has 0 bridgehead atoms. The first-order valence-electron chi connectivity index (χ1n) is 7.59. The van der Waals surface area contributed by atoms with Gasteiger partial charge in [0.2, 0.25) is 0 Å². The number of ether oxygens (including phenoxy) is 2. The zero-order chi connectivity index (χ0) is 15.3. The van der Waals surface area contributed by atoms with Crippen LogP contribution in [-0.2, 0) is 14.9 Å². The van der Waals surface area contributed by atoms with Gasteiger partial charge in [0.15, 0.2) is 6.29 Å². The summed E-state index contributed by atoms with van der Waals surface area (Å²) in [6, 6.07) is 7.79. The third-order valence-corrected chi connectivity index (χ3v) is 3.57. The molecule has 21 heavy (non-hydrogen) atoms. The maximum atomic E-state index is 12.1. The molecule has 0 aromatic heterocycles. The highest BCUT2D eigenvalue weighted by atomic mass is 16.7. The molecule has 0 atom stereocenters. The minimum absolute atomic E-state index is 0.0498. The van der Waals surface area contributed by atoms with Crippen LogP contribution in [0.5, 0.6) is 0 Å². The second-order valence-corrected chi connectivity index (χ2v) is 6.40. The predicted octanol–water partition coefficient (Wildman–Crippen LogP) is 2.87. The molecular formula is C17H25NO3. The molecule has 2 rings (SSSR count). The van der Waals surface area contributed by atoms with Gasteiger partial charge in [0.1, 0.15) is 0 Å². The fourth-order valence-corrected chi connectivity index (χ4v) is 2.23. The van der Waals surface area contributed by atoms with E-state index >= 15 is 0 Å². The van der Waals surface area contributed by atoms with Gasteiger partial charge >= 0.3 is 0 Å². The molecule has 1 aliphatic rings. The average Bonchev–Trinajstić information content (AvgIpc) is 2.47. The molecule has 1 aromatic rings. The summed E-state index contributed by atoms with van der Waals surface area (Å²) in [4.78, 5) is 12.1. The number of nitrogens with one attached hydrogen (secondary N) is 1. The predicted molar refractivity (Wildman–Crippen MR) is 82.4 cm³/mol. The van der Waals surface area contributed by atoms with E-state index in [1.54, 1.807) is 0 Å². The summed E-state index contributed by atoms with van der Waals surface area (Å²) in [6.45, 7) is 8.52. The summed E-state index contributed by atoms with van der Waals surface area (Å²) in [5, 5.41) is 2.91. The highest BCUT2D eigenvalue weighted by Crippen LogP contribution is 2.22. The van der Waals surface area contributed by atoms with Crippen molar-refractivity contribution < 1.29 is 14.3 Å². The van der Waals surface area contributed by atoms with Crippen LogP contribution in [0.2, 0.25) is 0 Å². The molecule has 0 saturated carbocycles. The van der Waals surface area contributed by atoms with Crippen molar-refractivity contribution in [3.63, 3.8) is 0 Å². The summed E-state index contributed by atoms with van der Waals surface area (Å²) in [7, 11) is 0. The molecular weight excluding hydrogens is 266 g/mol. The molecule has 1 fully saturated rings. The molecule has 1 amide bonds. The van der Waals surface area contributed by atoms with Crippen LogP contribution in [0.25, 0.3) is 0 Å². The Morgan fingerprint density at radius 2 is 1.81 bits per heavy atom. The third-order valence-electron chi connectivity index (χ3n) is 3.57. The van der Waals surface area contributed by atoms with Crippen molar-refractivity contribution in [3.8, 4) is 0 Å². The number of benzene rings is 1. The SMILES string of the molecule is CC(C)(C)c1ccc(C(=O)NCCC2OCCCO2)cc1. The summed E-state index contributed by atoms with van der Waals surface area (Å²) >= 11 is 0. The van der Waals surface area contributed by atoms with Crippen LogP contribution in [-0.4, -0.2) is 32.0 Å². The van der Waals surface area contributed by atoms with E-state index in [0.29, 0.717) is 18.5 Å². The summed E-state index contributed by atoms with van der Waals surface area (Å²) in [5.74, 6) is -0.0498. The van der Waals surface area contributed by atoms with Crippen molar-refractivity contribution in [2.45, 2.75) is 45.3 Å². The molecule has 4 nitrogen and oxygen atoms in total. The normalized spacial score (nSPS) is 16.7. The van der Waals surface area contributed by atoms with Crippen LogP contribution in [0.15, 0.2) is 24.3 Å². The Bertz CT molecular complexity index is 456. The molecule has 1 saturated heterocycles. The average molecular weight is 291 g/mol. The van der Waals surface area contributed by atoms with Crippen molar-refractivity contribution in [2.24, 2.45) is 0 Å². The Morgan fingerprint density at radius 3 is 2.38 bits per heavy atom. The molecule has 0 aliphatic carbocycles. The van der Waals surface area contributed by atoms with Gasteiger partial charge < -0.3 is 14.8 Å². The lowest BCUT2D eigenvalue weighted by molar-refractivity contribution is -0.180. The van der Waals surface area contributed by atoms with Crippen molar-refractivity contribution in [1.29, 1.82) is 0 Å². The number of amides is 1.